The number of carbonyl (C=O) groups is 1. The molecule has 5 nitrogen and oxygen atoms in total. The zero-order valence-corrected chi connectivity index (χ0v) is 14.4. The summed E-state index contributed by atoms with van der Waals surface area (Å²) in [5.41, 5.74) is 2.05. The van der Waals surface area contributed by atoms with Gasteiger partial charge in [-0.15, -0.1) is 0 Å². The van der Waals surface area contributed by atoms with Crippen LogP contribution in [0.15, 0.2) is 42.6 Å². The number of benzene rings is 1. The van der Waals surface area contributed by atoms with Crippen molar-refractivity contribution >= 4 is 5.91 Å². The molecule has 1 aromatic heterocycles. The van der Waals surface area contributed by atoms with Crippen molar-refractivity contribution in [3.05, 3.63) is 53.9 Å². The lowest BCUT2D eigenvalue weighted by Crippen LogP contribution is -2.40. The SMILES string of the molecule is COc1ccc2c(c1)OC[C@@H](C(=O)N1CCC[C@H]1c1ccccn1)C2. The number of nitrogens with zero attached hydrogens (tertiary/aromatic N) is 2. The first-order chi connectivity index (χ1) is 12.3. The van der Waals surface area contributed by atoms with Crippen molar-refractivity contribution in [2.75, 3.05) is 20.3 Å². The maximum absolute atomic E-state index is 13.1. The van der Waals surface area contributed by atoms with Gasteiger partial charge in [0.1, 0.15) is 18.1 Å². The number of fused-ring (bicyclic) bond motifs is 1. The Morgan fingerprint density at radius 2 is 2.24 bits per heavy atom. The molecule has 3 heterocycles. The lowest BCUT2D eigenvalue weighted by atomic mass is 9.95. The number of aromatic nitrogens is 1. The Balaban J connectivity index is 1.51. The minimum Gasteiger partial charge on any atom is -0.497 e. The predicted octanol–water partition coefficient (Wildman–Crippen LogP) is 3.01. The second-order valence-electron chi connectivity index (χ2n) is 6.63. The summed E-state index contributed by atoms with van der Waals surface area (Å²) in [6, 6.07) is 11.8. The van der Waals surface area contributed by atoms with E-state index in [0.717, 1.165) is 42.1 Å². The van der Waals surface area contributed by atoms with E-state index in [1.807, 2.05) is 41.3 Å². The number of ether oxygens (including phenoxy) is 2. The Morgan fingerprint density at radius 3 is 3.04 bits per heavy atom. The van der Waals surface area contributed by atoms with E-state index in [-0.39, 0.29) is 17.9 Å². The van der Waals surface area contributed by atoms with Gasteiger partial charge in [-0.3, -0.25) is 9.78 Å². The van der Waals surface area contributed by atoms with Gasteiger partial charge in [-0.1, -0.05) is 12.1 Å². The molecule has 1 saturated heterocycles. The number of methoxy groups -OCH3 is 1. The summed E-state index contributed by atoms with van der Waals surface area (Å²) >= 11 is 0. The predicted molar refractivity (Wildman–Crippen MR) is 93.6 cm³/mol. The molecule has 0 radical (unpaired) electrons. The van der Waals surface area contributed by atoms with E-state index in [9.17, 15) is 4.79 Å². The Bertz CT molecular complexity index is 763. The first kappa shape index (κ1) is 15.9. The summed E-state index contributed by atoms with van der Waals surface area (Å²) in [7, 11) is 1.64. The smallest absolute Gasteiger partial charge is 0.230 e. The molecule has 2 aliphatic heterocycles. The van der Waals surface area contributed by atoms with E-state index in [1.165, 1.54) is 0 Å². The molecule has 2 atom stereocenters. The number of amides is 1. The molecular formula is C20H22N2O3. The van der Waals surface area contributed by atoms with Crippen molar-refractivity contribution in [1.29, 1.82) is 0 Å². The third kappa shape index (κ3) is 3.06. The summed E-state index contributed by atoms with van der Waals surface area (Å²) < 4.78 is 11.1. The van der Waals surface area contributed by atoms with E-state index in [0.29, 0.717) is 13.0 Å². The summed E-state index contributed by atoms with van der Waals surface area (Å²) in [5, 5.41) is 0. The first-order valence-corrected chi connectivity index (χ1v) is 8.77. The maximum atomic E-state index is 13.1. The van der Waals surface area contributed by atoms with Gasteiger partial charge in [0, 0.05) is 18.8 Å². The fraction of sp³-hybridized carbons (Fsp3) is 0.400. The average Bonchev–Trinajstić information content (AvgIpc) is 3.17. The summed E-state index contributed by atoms with van der Waals surface area (Å²) in [5.74, 6) is 1.64. The molecule has 1 fully saturated rings. The summed E-state index contributed by atoms with van der Waals surface area (Å²) in [4.78, 5) is 19.6. The van der Waals surface area contributed by atoms with Crippen LogP contribution in [-0.2, 0) is 11.2 Å². The lowest BCUT2D eigenvalue weighted by molar-refractivity contribution is -0.138. The van der Waals surface area contributed by atoms with Crippen molar-refractivity contribution in [3.63, 3.8) is 0 Å². The second-order valence-corrected chi connectivity index (χ2v) is 6.63. The maximum Gasteiger partial charge on any atom is 0.230 e. The molecule has 130 valence electrons. The van der Waals surface area contributed by atoms with Crippen LogP contribution in [0.2, 0.25) is 0 Å². The molecule has 1 aromatic carbocycles. The second kappa shape index (κ2) is 6.75. The van der Waals surface area contributed by atoms with Crippen molar-refractivity contribution in [3.8, 4) is 11.5 Å². The number of hydrogen-bond donors (Lipinski definition) is 0. The van der Waals surface area contributed by atoms with Crippen LogP contribution in [0.25, 0.3) is 0 Å². The largest absolute Gasteiger partial charge is 0.497 e. The van der Waals surface area contributed by atoms with Crippen LogP contribution in [0.5, 0.6) is 11.5 Å². The monoisotopic (exact) mass is 338 g/mol. The Hall–Kier alpha value is -2.56. The Labute approximate surface area is 147 Å². The van der Waals surface area contributed by atoms with Crippen LogP contribution in [0.4, 0.5) is 0 Å². The van der Waals surface area contributed by atoms with Gasteiger partial charge in [-0.05, 0) is 43.0 Å². The van der Waals surface area contributed by atoms with Gasteiger partial charge in [-0.2, -0.15) is 0 Å². The zero-order chi connectivity index (χ0) is 17.2. The van der Waals surface area contributed by atoms with Gasteiger partial charge in [0.25, 0.3) is 0 Å². The summed E-state index contributed by atoms with van der Waals surface area (Å²) in [6.07, 6.45) is 4.51. The highest BCUT2D eigenvalue weighted by Gasteiger charge is 2.36. The topological polar surface area (TPSA) is 51.7 Å². The molecule has 0 N–H and O–H groups in total. The number of rotatable bonds is 3. The van der Waals surface area contributed by atoms with Crippen LogP contribution in [0, 0.1) is 5.92 Å². The zero-order valence-electron chi connectivity index (χ0n) is 14.4. The third-order valence-corrected chi connectivity index (χ3v) is 5.09. The molecule has 0 aliphatic carbocycles. The van der Waals surface area contributed by atoms with Crippen molar-refractivity contribution in [2.45, 2.75) is 25.3 Å². The quantitative estimate of drug-likeness (QED) is 0.863. The van der Waals surface area contributed by atoms with E-state index in [1.54, 1.807) is 13.3 Å². The molecule has 1 amide bonds. The van der Waals surface area contributed by atoms with Crippen LogP contribution >= 0.6 is 0 Å². The number of carbonyl (C=O) groups excluding carboxylic acids is 1. The van der Waals surface area contributed by atoms with Gasteiger partial charge in [0.15, 0.2) is 0 Å². The fourth-order valence-corrected chi connectivity index (χ4v) is 3.78. The molecule has 2 aliphatic rings. The van der Waals surface area contributed by atoms with Gasteiger partial charge in [0.2, 0.25) is 5.91 Å². The molecule has 0 saturated carbocycles. The molecule has 25 heavy (non-hydrogen) atoms. The molecule has 2 aromatic rings. The van der Waals surface area contributed by atoms with Crippen molar-refractivity contribution in [1.82, 2.24) is 9.88 Å². The molecule has 4 rings (SSSR count). The van der Waals surface area contributed by atoms with E-state index < -0.39 is 0 Å². The molecule has 5 heteroatoms. The average molecular weight is 338 g/mol. The van der Waals surface area contributed by atoms with Crippen LogP contribution in [0.3, 0.4) is 0 Å². The number of hydrogen-bond acceptors (Lipinski definition) is 4. The fourth-order valence-electron chi connectivity index (χ4n) is 3.78. The van der Waals surface area contributed by atoms with Gasteiger partial charge in [-0.25, -0.2) is 0 Å². The van der Waals surface area contributed by atoms with Crippen molar-refractivity contribution in [2.24, 2.45) is 5.92 Å². The molecular weight excluding hydrogens is 316 g/mol. The normalized spacial score (nSPS) is 22.2. The highest BCUT2D eigenvalue weighted by atomic mass is 16.5. The highest BCUT2D eigenvalue weighted by molar-refractivity contribution is 5.80. The molecule has 0 spiro atoms. The van der Waals surface area contributed by atoms with Crippen molar-refractivity contribution < 1.29 is 14.3 Å². The minimum atomic E-state index is -0.134. The Morgan fingerprint density at radius 1 is 1.32 bits per heavy atom. The van der Waals surface area contributed by atoms with Gasteiger partial charge in [0.05, 0.1) is 24.8 Å². The van der Waals surface area contributed by atoms with E-state index >= 15 is 0 Å². The standard InChI is InChI=1S/C20H22N2O3/c1-24-16-8-7-14-11-15(13-25-19(14)12-16)20(23)22-10-4-6-18(22)17-5-2-3-9-21-17/h2-3,5,7-9,12,15,18H,4,6,10-11,13H2,1H3/t15-,18-/m0/s1. The molecule has 0 unspecified atom stereocenters. The van der Waals surface area contributed by atoms with E-state index in [2.05, 4.69) is 4.98 Å². The highest BCUT2D eigenvalue weighted by Crippen LogP contribution is 2.35. The van der Waals surface area contributed by atoms with Gasteiger partial charge >= 0.3 is 0 Å². The lowest BCUT2D eigenvalue weighted by Gasteiger charge is -2.31. The number of likely N-dealkylation sites (tertiary alicyclic amines) is 1. The Kier molecular flexibility index (Phi) is 4.30. The first-order valence-electron chi connectivity index (χ1n) is 8.77. The van der Waals surface area contributed by atoms with Crippen LogP contribution < -0.4 is 9.47 Å². The van der Waals surface area contributed by atoms with Crippen LogP contribution in [-0.4, -0.2) is 36.1 Å². The van der Waals surface area contributed by atoms with E-state index in [4.69, 9.17) is 9.47 Å². The molecule has 0 bridgehead atoms. The number of pyridine rings is 1. The summed E-state index contributed by atoms with van der Waals surface area (Å²) in [6.45, 7) is 1.22. The van der Waals surface area contributed by atoms with Crippen LogP contribution in [0.1, 0.15) is 30.1 Å². The minimum absolute atomic E-state index is 0.0889. The van der Waals surface area contributed by atoms with Gasteiger partial charge < -0.3 is 14.4 Å². The third-order valence-electron chi connectivity index (χ3n) is 5.09.